The van der Waals surface area contributed by atoms with Gasteiger partial charge in [0.25, 0.3) is 0 Å². The third kappa shape index (κ3) is 3.52. The molecule has 0 saturated carbocycles. The second kappa shape index (κ2) is 6.41. The predicted molar refractivity (Wildman–Crippen MR) is 85.0 cm³/mol. The van der Waals surface area contributed by atoms with Crippen LogP contribution in [0.3, 0.4) is 0 Å². The first-order chi connectivity index (χ1) is 9.92. The van der Waals surface area contributed by atoms with E-state index in [-0.39, 0.29) is 5.92 Å². The molecule has 0 radical (unpaired) electrons. The Hall–Kier alpha value is -1.65. The Labute approximate surface area is 130 Å². The minimum absolute atomic E-state index is 0.253. The van der Waals surface area contributed by atoms with Crippen molar-refractivity contribution in [2.45, 2.75) is 40.2 Å². The van der Waals surface area contributed by atoms with Crippen LogP contribution >= 0.6 is 11.6 Å². The van der Waals surface area contributed by atoms with Crippen molar-refractivity contribution in [1.82, 2.24) is 9.97 Å². The van der Waals surface area contributed by atoms with Crippen molar-refractivity contribution >= 4 is 11.6 Å². The lowest BCUT2D eigenvalue weighted by Gasteiger charge is -2.15. The van der Waals surface area contributed by atoms with E-state index in [4.69, 9.17) is 22.1 Å². The van der Waals surface area contributed by atoms with E-state index in [9.17, 15) is 0 Å². The van der Waals surface area contributed by atoms with E-state index in [1.54, 1.807) is 6.20 Å². The maximum absolute atomic E-state index is 6.04. The molecule has 1 aromatic heterocycles. The molecule has 0 bridgehead atoms. The van der Waals surface area contributed by atoms with Crippen LogP contribution in [0.25, 0.3) is 0 Å². The van der Waals surface area contributed by atoms with E-state index >= 15 is 0 Å². The van der Waals surface area contributed by atoms with Crippen molar-refractivity contribution < 1.29 is 4.74 Å². The molecule has 0 aliphatic heterocycles. The highest BCUT2D eigenvalue weighted by Crippen LogP contribution is 2.32. The third-order valence-corrected chi connectivity index (χ3v) is 3.41. The fourth-order valence-electron chi connectivity index (χ4n) is 2.10. The molecule has 2 aromatic rings. The number of halogens is 1. The molecule has 0 aliphatic rings. The molecule has 0 unspecified atom stereocenters. The van der Waals surface area contributed by atoms with Gasteiger partial charge in [-0.25, -0.2) is 9.97 Å². The van der Waals surface area contributed by atoms with Gasteiger partial charge < -0.3 is 10.5 Å². The molecule has 112 valence electrons. The van der Waals surface area contributed by atoms with Crippen LogP contribution < -0.4 is 10.5 Å². The highest BCUT2D eigenvalue weighted by molar-refractivity contribution is 6.30. The molecule has 0 fully saturated rings. The molecule has 4 nitrogen and oxygen atoms in total. The standard InChI is InChI=1S/C16H20ClN3O/c1-9(2)16-19-8-14(13(7-18)20-16)21-15-10(3)5-12(17)6-11(15)4/h5-6,8-9H,7,18H2,1-4H3. The van der Waals surface area contributed by atoms with E-state index in [0.717, 1.165) is 22.7 Å². The lowest BCUT2D eigenvalue weighted by atomic mass is 10.1. The van der Waals surface area contributed by atoms with E-state index in [1.807, 2.05) is 39.8 Å². The molecule has 2 rings (SSSR count). The lowest BCUT2D eigenvalue weighted by Crippen LogP contribution is -2.08. The van der Waals surface area contributed by atoms with Gasteiger partial charge in [-0.05, 0) is 37.1 Å². The first-order valence-corrected chi connectivity index (χ1v) is 7.30. The number of aromatic nitrogens is 2. The van der Waals surface area contributed by atoms with Crippen LogP contribution in [0.15, 0.2) is 18.3 Å². The maximum Gasteiger partial charge on any atom is 0.168 e. The van der Waals surface area contributed by atoms with Gasteiger partial charge in [0.2, 0.25) is 0 Å². The van der Waals surface area contributed by atoms with Crippen LogP contribution in [0.4, 0.5) is 0 Å². The van der Waals surface area contributed by atoms with Crippen molar-refractivity contribution in [2.75, 3.05) is 0 Å². The number of ether oxygens (including phenoxy) is 1. The Morgan fingerprint density at radius 1 is 1.24 bits per heavy atom. The molecule has 0 amide bonds. The Morgan fingerprint density at radius 2 is 1.86 bits per heavy atom. The number of nitrogens with zero attached hydrogens (tertiary/aromatic N) is 2. The number of hydrogen-bond donors (Lipinski definition) is 1. The molecule has 1 aromatic carbocycles. The van der Waals surface area contributed by atoms with Crippen LogP contribution in [0.1, 0.15) is 42.4 Å². The van der Waals surface area contributed by atoms with Crippen LogP contribution in [-0.2, 0) is 6.54 Å². The Balaban J connectivity index is 2.40. The van der Waals surface area contributed by atoms with E-state index in [0.29, 0.717) is 23.0 Å². The summed E-state index contributed by atoms with van der Waals surface area (Å²) in [5, 5.41) is 0.697. The first-order valence-electron chi connectivity index (χ1n) is 6.92. The maximum atomic E-state index is 6.04. The average Bonchev–Trinajstić information content (AvgIpc) is 2.42. The molecule has 5 heteroatoms. The summed E-state index contributed by atoms with van der Waals surface area (Å²) in [6.07, 6.45) is 1.69. The second-order valence-corrected chi connectivity index (χ2v) is 5.81. The summed E-state index contributed by atoms with van der Waals surface area (Å²) in [5.74, 6) is 2.39. The van der Waals surface area contributed by atoms with Gasteiger partial charge in [-0.15, -0.1) is 0 Å². The predicted octanol–water partition coefficient (Wildman–Crippen LogP) is 4.12. The largest absolute Gasteiger partial charge is 0.453 e. The minimum Gasteiger partial charge on any atom is -0.453 e. The van der Waals surface area contributed by atoms with Gasteiger partial charge in [-0.1, -0.05) is 25.4 Å². The number of aryl methyl sites for hydroxylation is 2. The molecular formula is C16H20ClN3O. The van der Waals surface area contributed by atoms with Crippen LogP contribution in [0.5, 0.6) is 11.5 Å². The number of hydrogen-bond acceptors (Lipinski definition) is 4. The summed E-state index contributed by atoms with van der Waals surface area (Å²) in [7, 11) is 0. The zero-order valence-corrected chi connectivity index (χ0v) is 13.5. The Kier molecular flexibility index (Phi) is 4.80. The third-order valence-electron chi connectivity index (χ3n) is 3.19. The van der Waals surface area contributed by atoms with Crippen molar-refractivity contribution in [2.24, 2.45) is 5.73 Å². The highest BCUT2D eigenvalue weighted by Gasteiger charge is 2.13. The van der Waals surface area contributed by atoms with Gasteiger partial charge in [0.1, 0.15) is 17.3 Å². The summed E-state index contributed by atoms with van der Waals surface area (Å²) in [4.78, 5) is 8.82. The molecule has 0 atom stereocenters. The summed E-state index contributed by atoms with van der Waals surface area (Å²) in [6, 6.07) is 3.74. The highest BCUT2D eigenvalue weighted by atomic mass is 35.5. The quantitative estimate of drug-likeness (QED) is 0.923. The minimum atomic E-state index is 0.253. The monoisotopic (exact) mass is 305 g/mol. The molecule has 0 aliphatic carbocycles. The van der Waals surface area contributed by atoms with E-state index in [2.05, 4.69) is 9.97 Å². The fourth-order valence-corrected chi connectivity index (χ4v) is 2.43. The molecule has 21 heavy (non-hydrogen) atoms. The van der Waals surface area contributed by atoms with Crippen molar-refractivity contribution in [3.05, 3.63) is 46.0 Å². The summed E-state index contributed by atoms with van der Waals surface area (Å²) >= 11 is 6.04. The molecule has 2 N–H and O–H groups in total. The van der Waals surface area contributed by atoms with Crippen molar-refractivity contribution in [3.8, 4) is 11.5 Å². The summed E-state index contributed by atoms with van der Waals surface area (Å²) in [5.41, 5.74) is 8.43. The number of benzene rings is 1. The zero-order valence-electron chi connectivity index (χ0n) is 12.8. The van der Waals surface area contributed by atoms with E-state index in [1.165, 1.54) is 0 Å². The normalized spacial score (nSPS) is 11.0. The number of nitrogens with two attached hydrogens (primary N) is 1. The first kappa shape index (κ1) is 15.7. The van der Waals surface area contributed by atoms with Crippen LogP contribution in [0.2, 0.25) is 5.02 Å². The molecule has 1 heterocycles. The summed E-state index contributed by atoms with van der Waals surface area (Å²) < 4.78 is 5.99. The van der Waals surface area contributed by atoms with Crippen molar-refractivity contribution in [3.63, 3.8) is 0 Å². The van der Waals surface area contributed by atoms with Gasteiger partial charge in [0, 0.05) is 17.5 Å². The topological polar surface area (TPSA) is 61.0 Å². The molecular weight excluding hydrogens is 286 g/mol. The SMILES string of the molecule is Cc1cc(Cl)cc(C)c1Oc1cnc(C(C)C)nc1CN. The zero-order chi connectivity index (χ0) is 15.6. The summed E-state index contributed by atoms with van der Waals surface area (Å²) in [6.45, 7) is 8.32. The van der Waals surface area contributed by atoms with Gasteiger partial charge in [-0.2, -0.15) is 0 Å². The van der Waals surface area contributed by atoms with E-state index < -0.39 is 0 Å². The van der Waals surface area contributed by atoms with Gasteiger partial charge in [0.15, 0.2) is 5.75 Å². The molecule has 0 spiro atoms. The number of rotatable bonds is 4. The second-order valence-electron chi connectivity index (χ2n) is 5.37. The van der Waals surface area contributed by atoms with Gasteiger partial charge >= 0.3 is 0 Å². The lowest BCUT2D eigenvalue weighted by molar-refractivity contribution is 0.460. The van der Waals surface area contributed by atoms with Gasteiger partial charge in [-0.3, -0.25) is 0 Å². The van der Waals surface area contributed by atoms with Crippen LogP contribution in [-0.4, -0.2) is 9.97 Å². The van der Waals surface area contributed by atoms with Crippen LogP contribution in [0, 0.1) is 13.8 Å². The fraction of sp³-hybridized carbons (Fsp3) is 0.375. The molecule has 0 saturated heterocycles. The van der Waals surface area contributed by atoms with Crippen molar-refractivity contribution in [1.29, 1.82) is 0 Å². The average molecular weight is 306 g/mol. The Morgan fingerprint density at radius 3 is 2.38 bits per heavy atom. The van der Waals surface area contributed by atoms with Gasteiger partial charge in [0.05, 0.1) is 6.20 Å². The smallest absolute Gasteiger partial charge is 0.168 e. The Bertz CT molecular complexity index is 633.